The van der Waals surface area contributed by atoms with Gasteiger partial charge >= 0.3 is 0 Å². The van der Waals surface area contributed by atoms with Gasteiger partial charge in [0.05, 0.1) is 12.9 Å². The minimum atomic E-state index is 0.479. The highest BCUT2D eigenvalue weighted by Gasteiger charge is 1.98. The van der Waals surface area contributed by atoms with Gasteiger partial charge in [-0.25, -0.2) is 0 Å². The third kappa shape index (κ3) is 2.37. The fourth-order valence-electron chi connectivity index (χ4n) is 1.58. The van der Waals surface area contributed by atoms with Gasteiger partial charge in [-0.3, -0.25) is 4.79 Å². The number of benzene rings is 1. The highest BCUT2D eigenvalue weighted by molar-refractivity contribution is 5.77. The zero-order valence-electron chi connectivity index (χ0n) is 8.31. The van der Waals surface area contributed by atoms with Crippen molar-refractivity contribution in [3.8, 4) is 0 Å². The monoisotopic (exact) mass is 204 g/mol. The van der Waals surface area contributed by atoms with Crippen molar-refractivity contribution >= 4 is 17.4 Å². The van der Waals surface area contributed by atoms with Crippen LogP contribution in [0.2, 0.25) is 0 Å². The van der Waals surface area contributed by atoms with E-state index < -0.39 is 0 Å². The fourth-order valence-corrected chi connectivity index (χ4v) is 1.58. The Kier molecular flexibility index (Phi) is 3.02. The third-order valence-corrected chi connectivity index (χ3v) is 2.31. The van der Waals surface area contributed by atoms with E-state index >= 15 is 0 Å². The van der Waals surface area contributed by atoms with E-state index in [9.17, 15) is 4.79 Å². The van der Waals surface area contributed by atoms with Crippen LogP contribution in [0.3, 0.4) is 0 Å². The van der Waals surface area contributed by atoms with Gasteiger partial charge in [0, 0.05) is 5.39 Å². The minimum absolute atomic E-state index is 0.479. The van der Waals surface area contributed by atoms with Crippen molar-refractivity contribution in [1.29, 1.82) is 0 Å². The molecule has 0 radical (unpaired) electrons. The van der Waals surface area contributed by atoms with Crippen molar-refractivity contribution in [2.75, 3.05) is 6.61 Å². The summed E-state index contributed by atoms with van der Waals surface area (Å²) in [6.07, 6.45) is 3.45. The van der Waals surface area contributed by atoms with Gasteiger partial charge in [-0.15, -0.1) is 0 Å². The molecule has 78 valence electrons. The van der Waals surface area contributed by atoms with Crippen molar-refractivity contribution in [2.45, 2.75) is 12.8 Å². The Morgan fingerprint density at radius 3 is 3.13 bits per heavy atom. The lowest BCUT2D eigenvalue weighted by molar-refractivity contribution is -0.128. The van der Waals surface area contributed by atoms with E-state index in [1.165, 1.54) is 5.56 Å². The van der Waals surface area contributed by atoms with Gasteiger partial charge in [-0.1, -0.05) is 6.07 Å². The number of carbonyl (C=O) groups is 1. The number of aryl methyl sites for hydroxylation is 1. The normalized spacial score (nSPS) is 10.4. The van der Waals surface area contributed by atoms with Gasteiger partial charge in [0.1, 0.15) is 5.58 Å². The topological polar surface area (TPSA) is 39.4 Å². The fraction of sp³-hybridized carbons (Fsp3) is 0.250. The van der Waals surface area contributed by atoms with Crippen LogP contribution in [-0.2, 0) is 16.0 Å². The van der Waals surface area contributed by atoms with Crippen molar-refractivity contribution in [3.05, 3.63) is 36.1 Å². The van der Waals surface area contributed by atoms with Crippen molar-refractivity contribution in [1.82, 2.24) is 0 Å². The first-order valence-corrected chi connectivity index (χ1v) is 4.91. The predicted molar refractivity (Wildman–Crippen MR) is 56.6 cm³/mol. The molecule has 0 saturated carbocycles. The molecule has 2 aromatic rings. The van der Waals surface area contributed by atoms with Crippen molar-refractivity contribution < 1.29 is 13.9 Å². The van der Waals surface area contributed by atoms with Crippen LogP contribution < -0.4 is 0 Å². The standard InChI is InChI=1S/C12H12O3/c13-9-14-6-1-2-10-3-4-12-11(8-10)5-7-15-12/h3-5,7-9H,1-2,6H2. The molecule has 0 amide bonds. The van der Waals surface area contributed by atoms with E-state index in [0.717, 1.165) is 23.8 Å². The van der Waals surface area contributed by atoms with Crippen LogP contribution in [-0.4, -0.2) is 13.1 Å². The Bertz CT molecular complexity index is 445. The summed E-state index contributed by atoms with van der Waals surface area (Å²) in [6.45, 7) is 0.964. The van der Waals surface area contributed by atoms with Crippen LogP contribution in [0.1, 0.15) is 12.0 Å². The summed E-state index contributed by atoms with van der Waals surface area (Å²) in [4.78, 5) is 9.92. The SMILES string of the molecule is O=COCCCc1ccc2occc2c1. The van der Waals surface area contributed by atoms with Crippen LogP contribution in [0, 0.1) is 0 Å². The van der Waals surface area contributed by atoms with Crippen molar-refractivity contribution in [3.63, 3.8) is 0 Å². The molecule has 1 aromatic heterocycles. The second kappa shape index (κ2) is 4.64. The Morgan fingerprint density at radius 1 is 1.33 bits per heavy atom. The molecule has 0 atom stereocenters. The maximum atomic E-state index is 9.92. The van der Waals surface area contributed by atoms with E-state index in [0.29, 0.717) is 13.1 Å². The van der Waals surface area contributed by atoms with Crippen LogP contribution in [0.25, 0.3) is 11.0 Å². The van der Waals surface area contributed by atoms with Crippen molar-refractivity contribution in [2.24, 2.45) is 0 Å². The van der Waals surface area contributed by atoms with Crippen LogP contribution in [0.5, 0.6) is 0 Å². The molecule has 0 N–H and O–H groups in total. The van der Waals surface area contributed by atoms with E-state index in [2.05, 4.69) is 10.8 Å². The highest BCUT2D eigenvalue weighted by Crippen LogP contribution is 2.17. The molecule has 0 aliphatic heterocycles. The van der Waals surface area contributed by atoms with Crippen LogP contribution in [0.4, 0.5) is 0 Å². The summed E-state index contributed by atoms with van der Waals surface area (Å²) in [5.41, 5.74) is 2.14. The largest absolute Gasteiger partial charge is 0.468 e. The molecular weight excluding hydrogens is 192 g/mol. The Labute approximate surface area is 87.6 Å². The maximum Gasteiger partial charge on any atom is 0.293 e. The Hall–Kier alpha value is -1.77. The molecule has 1 aromatic carbocycles. The Morgan fingerprint density at radius 2 is 2.27 bits per heavy atom. The average Bonchev–Trinajstić information content (AvgIpc) is 2.71. The van der Waals surface area contributed by atoms with Gasteiger partial charge < -0.3 is 9.15 Å². The second-order valence-corrected chi connectivity index (χ2v) is 3.36. The highest BCUT2D eigenvalue weighted by atomic mass is 16.5. The summed E-state index contributed by atoms with van der Waals surface area (Å²) >= 11 is 0. The molecule has 3 heteroatoms. The van der Waals surface area contributed by atoms with Gasteiger partial charge in [0.25, 0.3) is 6.47 Å². The van der Waals surface area contributed by atoms with Crippen LogP contribution in [0.15, 0.2) is 34.9 Å². The molecule has 15 heavy (non-hydrogen) atoms. The lowest BCUT2D eigenvalue weighted by Gasteiger charge is -2.00. The van der Waals surface area contributed by atoms with Gasteiger partial charge in [0.2, 0.25) is 0 Å². The molecular formula is C12H12O3. The molecule has 0 aliphatic carbocycles. The number of carbonyl (C=O) groups excluding carboxylic acids is 1. The lowest BCUT2D eigenvalue weighted by Crippen LogP contribution is -1.94. The predicted octanol–water partition coefficient (Wildman–Crippen LogP) is 2.54. The smallest absolute Gasteiger partial charge is 0.293 e. The minimum Gasteiger partial charge on any atom is -0.468 e. The van der Waals surface area contributed by atoms with Gasteiger partial charge in [0.15, 0.2) is 0 Å². The number of furan rings is 1. The zero-order chi connectivity index (χ0) is 10.5. The van der Waals surface area contributed by atoms with E-state index in [1.54, 1.807) is 6.26 Å². The zero-order valence-corrected chi connectivity index (χ0v) is 8.31. The molecule has 0 fully saturated rings. The van der Waals surface area contributed by atoms with E-state index in [1.807, 2.05) is 18.2 Å². The number of hydrogen-bond donors (Lipinski definition) is 0. The summed E-state index contributed by atoms with van der Waals surface area (Å²) < 4.78 is 9.87. The molecule has 0 aliphatic rings. The summed E-state index contributed by atoms with van der Waals surface area (Å²) in [5, 5.41) is 1.11. The molecule has 2 rings (SSSR count). The summed E-state index contributed by atoms with van der Waals surface area (Å²) in [7, 11) is 0. The number of fused-ring (bicyclic) bond motifs is 1. The second-order valence-electron chi connectivity index (χ2n) is 3.36. The first-order chi connectivity index (χ1) is 7.40. The molecule has 3 nitrogen and oxygen atoms in total. The average molecular weight is 204 g/mol. The summed E-state index contributed by atoms with van der Waals surface area (Å²) in [5.74, 6) is 0. The first kappa shape index (κ1) is 9.77. The first-order valence-electron chi connectivity index (χ1n) is 4.91. The van der Waals surface area contributed by atoms with Crippen LogP contribution >= 0.6 is 0 Å². The molecule has 0 spiro atoms. The van der Waals surface area contributed by atoms with E-state index in [-0.39, 0.29) is 0 Å². The third-order valence-electron chi connectivity index (χ3n) is 2.31. The summed E-state index contributed by atoms with van der Waals surface area (Å²) in [6, 6.07) is 8.04. The molecule has 1 heterocycles. The molecule has 0 bridgehead atoms. The van der Waals surface area contributed by atoms with E-state index in [4.69, 9.17) is 4.42 Å². The number of hydrogen-bond acceptors (Lipinski definition) is 3. The maximum absolute atomic E-state index is 9.92. The molecule has 0 unspecified atom stereocenters. The van der Waals surface area contributed by atoms with Gasteiger partial charge in [-0.05, 0) is 36.6 Å². The quantitative estimate of drug-likeness (QED) is 0.555. The molecule has 0 saturated heterocycles. The lowest BCUT2D eigenvalue weighted by atomic mass is 10.1. The van der Waals surface area contributed by atoms with Gasteiger partial charge in [-0.2, -0.15) is 0 Å². The number of ether oxygens (including phenoxy) is 1. The number of rotatable bonds is 5. The Balaban J connectivity index is 1.98.